The molecule has 0 aliphatic carbocycles. The number of nitrogens with one attached hydrogen (secondary N) is 2. The normalized spacial score (nSPS) is 17.3. The SMILES string of the molecule is CN=C(NCCCN1CCCN(C)CC1)NCC(C)COCc1ccccc1.I. The molecule has 0 amide bonds. The molecule has 1 heterocycles. The fourth-order valence-corrected chi connectivity index (χ4v) is 3.34. The van der Waals surface area contributed by atoms with Gasteiger partial charge in [-0.2, -0.15) is 0 Å². The Balaban J connectivity index is 0.00000420. The molecule has 1 aliphatic heterocycles. The number of rotatable bonds is 10. The molecule has 29 heavy (non-hydrogen) atoms. The Kier molecular flexibility index (Phi) is 14.3. The average molecular weight is 518 g/mol. The van der Waals surface area contributed by atoms with Gasteiger partial charge in [-0.25, -0.2) is 0 Å². The summed E-state index contributed by atoms with van der Waals surface area (Å²) in [4.78, 5) is 9.33. The molecule has 166 valence electrons. The first-order valence-corrected chi connectivity index (χ1v) is 10.6. The van der Waals surface area contributed by atoms with Crippen LogP contribution >= 0.6 is 24.0 Å². The van der Waals surface area contributed by atoms with Crippen molar-refractivity contribution in [3.63, 3.8) is 0 Å². The summed E-state index contributed by atoms with van der Waals surface area (Å²) in [6.45, 7) is 11.4. The number of nitrogens with zero attached hydrogens (tertiary/aromatic N) is 3. The summed E-state index contributed by atoms with van der Waals surface area (Å²) in [6.07, 6.45) is 2.41. The van der Waals surface area contributed by atoms with Crippen molar-refractivity contribution in [1.82, 2.24) is 20.4 Å². The van der Waals surface area contributed by atoms with E-state index in [4.69, 9.17) is 4.74 Å². The van der Waals surface area contributed by atoms with E-state index in [0.29, 0.717) is 12.5 Å². The van der Waals surface area contributed by atoms with Gasteiger partial charge in [-0.1, -0.05) is 37.3 Å². The Hall–Kier alpha value is -0.900. The Labute approximate surface area is 194 Å². The lowest BCUT2D eigenvalue weighted by Crippen LogP contribution is -2.41. The molecule has 0 spiro atoms. The van der Waals surface area contributed by atoms with Gasteiger partial charge < -0.3 is 25.2 Å². The molecule has 0 bridgehead atoms. The average Bonchev–Trinajstić information content (AvgIpc) is 2.92. The number of halogens is 1. The van der Waals surface area contributed by atoms with Crippen molar-refractivity contribution >= 4 is 29.9 Å². The van der Waals surface area contributed by atoms with Gasteiger partial charge >= 0.3 is 0 Å². The Morgan fingerprint density at radius 1 is 1.14 bits per heavy atom. The van der Waals surface area contributed by atoms with Crippen LogP contribution in [-0.2, 0) is 11.3 Å². The van der Waals surface area contributed by atoms with E-state index in [0.717, 1.165) is 38.6 Å². The Morgan fingerprint density at radius 3 is 2.69 bits per heavy atom. The van der Waals surface area contributed by atoms with Crippen molar-refractivity contribution in [3.8, 4) is 0 Å². The van der Waals surface area contributed by atoms with Gasteiger partial charge in [-0.15, -0.1) is 24.0 Å². The second-order valence-corrected chi connectivity index (χ2v) is 7.84. The monoisotopic (exact) mass is 517 g/mol. The van der Waals surface area contributed by atoms with Crippen LogP contribution in [0.1, 0.15) is 25.3 Å². The largest absolute Gasteiger partial charge is 0.376 e. The van der Waals surface area contributed by atoms with Crippen molar-refractivity contribution in [2.75, 3.05) is 66.5 Å². The van der Waals surface area contributed by atoms with Gasteiger partial charge in [0.15, 0.2) is 5.96 Å². The highest BCUT2D eigenvalue weighted by Gasteiger charge is 2.11. The number of ether oxygens (including phenoxy) is 1. The van der Waals surface area contributed by atoms with Crippen LogP contribution in [0, 0.1) is 5.92 Å². The molecule has 6 nitrogen and oxygen atoms in total. The molecule has 1 fully saturated rings. The molecular weight excluding hydrogens is 477 g/mol. The van der Waals surface area contributed by atoms with E-state index in [2.05, 4.69) is 51.5 Å². The standard InChI is InChI=1S/C22H39N5O.HI/c1-20(18-28-19-21-9-5-4-6-10-21)17-25-22(23-2)24-11-7-13-27-14-8-12-26(3)15-16-27;/h4-6,9-10,20H,7-8,11-19H2,1-3H3,(H2,23,24,25);1H. The van der Waals surface area contributed by atoms with Crippen LogP contribution in [0.15, 0.2) is 35.3 Å². The third-order valence-electron chi connectivity index (χ3n) is 5.11. The number of aliphatic imine (C=N–C) groups is 1. The summed E-state index contributed by atoms with van der Waals surface area (Å²) in [6, 6.07) is 10.3. The van der Waals surface area contributed by atoms with Crippen molar-refractivity contribution < 1.29 is 4.74 Å². The lowest BCUT2D eigenvalue weighted by atomic mass is 10.2. The summed E-state index contributed by atoms with van der Waals surface area (Å²) in [5.41, 5.74) is 1.22. The van der Waals surface area contributed by atoms with E-state index < -0.39 is 0 Å². The van der Waals surface area contributed by atoms with Gasteiger partial charge in [0.05, 0.1) is 13.2 Å². The molecule has 1 aromatic carbocycles. The second-order valence-electron chi connectivity index (χ2n) is 7.84. The molecule has 2 N–H and O–H groups in total. The minimum atomic E-state index is 0. The molecule has 1 aromatic rings. The number of guanidine groups is 1. The van der Waals surface area contributed by atoms with Crippen molar-refractivity contribution in [2.45, 2.75) is 26.4 Å². The summed E-state index contributed by atoms with van der Waals surface area (Å²) < 4.78 is 5.82. The number of hydrogen-bond donors (Lipinski definition) is 2. The first-order valence-electron chi connectivity index (χ1n) is 10.6. The Morgan fingerprint density at radius 2 is 1.93 bits per heavy atom. The topological polar surface area (TPSA) is 52.1 Å². The number of likely N-dealkylation sites (N-methyl/N-ethyl adjacent to an activating group) is 1. The maximum atomic E-state index is 5.82. The van der Waals surface area contributed by atoms with Crippen LogP contribution in [-0.4, -0.2) is 82.3 Å². The highest BCUT2D eigenvalue weighted by Crippen LogP contribution is 2.03. The maximum Gasteiger partial charge on any atom is 0.190 e. The first kappa shape index (κ1) is 26.1. The van der Waals surface area contributed by atoms with Crippen LogP contribution in [0.25, 0.3) is 0 Å². The fraction of sp³-hybridized carbons (Fsp3) is 0.682. The summed E-state index contributed by atoms with van der Waals surface area (Å²) in [7, 11) is 4.05. The van der Waals surface area contributed by atoms with Gasteiger partial charge in [0.2, 0.25) is 0 Å². The van der Waals surface area contributed by atoms with Crippen molar-refractivity contribution in [2.24, 2.45) is 10.9 Å². The lowest BCUT2D eigenvalue weighted by Gasteiger charge is -2.20. The maximum absolute atomic E-state index is 5.82. The van der Waals surface area contributed by atoms with Gasteiger partial charge in [0.25, 0.3) is 0 Å². The third kappa shape index (κ3) is 11.8. The van der Waals surface area contributed by atoms with Crippen LogP contribution in [0.5, 0.6) is 0 Å². The van der Waals surface area contributed by atoms with Gasteiger partial charge in [0, 0.05) is 33.2 Å². The fourth-order valence-electron chi connectivity index (χ4n) is 3.34. The van der Waals surface area contributed by atoms with Gasteiger partial charge in [-0.3, -0.25) is 4.99 Å². The molecule has 1 saturated heterocycles. The first-order chi connectivity index (χ1) is 13.7. The van der Waals surface area contributed by atoms with E-state index in [1.54, 1.807) is 0 Å². The van der Waals surface area contributed by atoms with Crippen LogP contribution in [0.2, 0.25) is 0 Å². The van der Waals surface area contributed by atoms with Crippen molar-refractivity contribution in [1.29, 1.82) is 0 Å². The highest BCUT2D eigenvalue weighted by atomic mass is 127. The molecule has 0 saturated carbocycles. The summed E-state index contributed by atoms with van der Waals surface area (Å²) in [5, 5.41) is 6.84. The van der Waals surface area contributed by atoms with E-state index in [9.17, 15) is 0 Å². The van der Waals surface area contributed by atoms with Crippen LogP contribution < -0.4 is 10.6 Å². The minimum absolute atomic E-state index is 0. The molecule has 1 atom stereocenters. The molecule has 2 rings (SSSR count). The van der Waals surface area contributed by atoms with E-state index in [1.807, 2.05) is 25.2 Å². The zero-order valence-corrected chi connectivity index (χ0v) is 20.7. The summed E-state index contributed by atoms with van der Waals surface area (Å²) >= 11 is 0. The Bertz CT molecular complexity index is 557. The zero-order chi connectivity index (χ0) is 20.0. The quantitative estimate of drug-likeness (QED) is 0.216. The third-order valence-corrected chi connectivity index (χ3v) is 5.11. The summed E-state index contributed by atoms with van der Waals surface area (Å²) in [5.74, 6) is 1.31. The van der Waals surface area contributed by atoms with Crippen LogP contribution in [0.4, 0.5) is 0 Å². The molecule has 0 aromatic heterocycles. The minimum Gasteiger partial charge on any atom is -0.376 e. The number of hydrogen-bond acceptors (Lipinski definition) is 4. The van der Waals surface area contributed by atoms with E-state index >= 15 is 0 Å². The molecule has 0 radical (unpaired) electrons. The molecule has 1 aliphatic rings. The number of benzene rings is 1. The molecule has 1 unspecified atom stereocenters. The van der Waals surface area contributed by atoms with Crippen LogP contribution in [0.3, 0.4) is 0 Å². The van der Waals surface area contributed by atoms with Gasteiger partial charge in [0.1, 0.15) is 0 Å². The molecular formula is C22H40IN5O. The van der Waals surface area contributed by atoms with E-state index in [-0.39, 0.29) is 24.0 Å². The van der Waals surface area contributed by atoms with E-state index in [1.165, 1.54) is 38.2 Å². The lowest BCUT2D eigenvalue weighted by molar-refractivity contribution is 0.0931. The predicted molar refractivity (Wildman–Crippen MR) is 133 cm³/mol. The molecule has 7 heteroatoms. The van der Waals surface area contributed by atoms with Gasteiger partial charge in [-0.05, 0) is 51.0 Å². The smallest absolute Gasteiger partial charge is 0.190 e. The zero-order valence-electron chi connectivity index (χ0n) is 18.4. The predicted octanol–water partition coefficient (Wildman–Crippen LogP) is 2.65. The van der Waals surface area contributed by atoms with Crippen molar-refractivity contribution in [3.05, 3.63) is 35.9 Å². The highest BCUT2D eigenvalue weighted by molar-refractivity contribution is 14.0. The second kappa shape index (κ2) is 15.9.